The molecule has 3 aromatic heterocycles. The number of rotatable bonds is 3. The predicted molar refractivity (Wildman–Crippen MR) is 146 cm³/mol. The number of nitrogens with one attached hydrogen (secondary N) is 1. The van der Waals surface area contributed by atoms with Crippen molar-refractivity contribution in [3.05, 3.63) is 46.4 Å². The third-order valence-corrected chi connectivity index (χ3v) is 8.31. The Balaban J connectivity index is 1.49. The van der Waals surface area contributed by atoms with Crippen LogP contribution in [-0.4, -0.2) is 60.8 Å². The maximum Gasteiger partial charge on any atom is 0.435 e. The van der Waals surface area contributed by atoms with Gasteiger partial charge in [-0.15, -0.1) is 0 Å². The number of aliphatic hydroxyl groups excluding tert-OH is 1. The van der Waals surface area contributed by atoms with Crippen molar-refractivity contribution in [1.29, 1.82) is 0 Å². The smallest absolute Gasteiger partial charge is 0.392 e. The van der Waals surface area contributed by atoms with Gasteiger partial charge >= 0.3 is 6.18 Å². The zero-order valence-corrected chi connectivity index (χ0v) is 23.3. The zero-order chi connectivity index (χ0) is 28.6. The van der Waals surface area contributed by atoms with Crippen LogP contribution in [0.5, 0.6) is 0 Å². The van der Waals surface area contributed by atoms with Gasteiger partial charge in [0.05, 0.1) is 17.3 Å². The van der Waals surface area contributed by atoms with Crippen molar-refractivity contribution < 1.29 is 18.3 Å². The highest BCUT2D eigenvalue weighted by Gasteiger charge is 2.39. The summed E-state index contributed by atoms with van der Waals surface area (Å²) < 4.78 is 41.5. The van der Waals surface area contributed by atoms with E-state index in [4.69, 9.17) is 9.97 Å². The van der Waals surface area contributed by atoms with Gasteiger partial charge in [-0.05, 0) is 31.9 Å². The Hall–Kier alpha value is -3.67. The number of hydrogen-bond donors (Lipinski definition) is 2. The highest BCUT2D eigenvalue weighted by Crippen LogP contribution is 2.39. The summed E-state index contributed by atoms with van der Waals surface area (Å²) in [6, 6.07) is 5.10. The van der Waals surface area contributed by atoms with E-state index in [1.165, 1.54) is 11.7 Å². The lowest BCUT2D eigenvalue weighted by Gasteiger charge is -2.43. The van der Waals surface area contributed by atoms with Crippen molar-refractivity contribution >= 4 is 22.5 Å². The van der Waals surface area contributed by atoms with Crippen LogP contribution >= 0.6 is 0 Å². The minimum atomic E-state index is -4.52. The lowest BCUT2D eigenvalue weighted by atomic mass is 9.81. The summed E-state index contributed by atoms with van der Waals surface area (Å²) in [5.41, 5.74) is 4.24. The lowest BCUT2D eigenvalue weighted by molar-refractivity contribution is -0.141. The monoisotopic (exact) mass is 554 g/mol. The number of piperidine rings is 1. The Bertz CT molecular complexity index is 1610. The van der Waals surface area contributed by atoms with E-state index in [9.17, 15) is 18.3 Å². The first-order chi connectivity index (χ1) is 18.8. The average Bonchev–Trinajstić information content (AvgIpc) is 3.47. The van der Waals surface area contributed by atoms with E-state index in [1.807, 2.05) is 44.7 Å². The number of aliphatic hydroxyl groups is 1. The van der Waals surface area contributed by atoms with E-state index in [0.29, 0.717) is 50.7 Å². The molecule has 5 heterocycles. The summed E-state index contributed by atoms with van der Waals surface area (Å²) in [5, 5.41) is 22.8. The van der Waals surface area contributed by atoms with Gasteiger partial charge in [-0.3, -0.25) is 9.78 Å². The third kappa shape index (κ3) is 4.38. The number of nitrogens with zero attached hydrogens (tertiary/aromatic N) is 7. The first-order valence-corrected chi connectivity index (χ1v) is 13.5. The molecule has 6 rings (SSSR count). The summed E-state index contributed by atoms with van der Waals surface area (Å²) in [6.45, 7) is 10.2. The standard InChI is InChI=1S/C28H33F3N8O/c1-15-6-7-19-24(16(2)34-35-19)23(15)25-32-18-8-10-38(22-12-20(28(29,30)31)36-37(22)5)13-17(18)26(33-25)39-11-9-21(40)27(3,4)14-39/h6-7,12,21,40H,8-11,13-14H2,1-5H3,(H,34,35)/t21-/m1/s1. The molecule has 1 aromatic carbocycles. The molecule has 1 atom stereocenters. The van der Waals surface area contributed by atoms with Crippen LogP contribution in [0.15, 0.2) is 18.2 Å². The van der Waals surface area contributed by atoms with Crippen molar-refractivity contribution in [3.63, 3.8) is 0 Å². The number of alkyl halides is 3. The molecule has 1 fully saturated rings. The number of aromatic amines is 1. The Morgan fingerprint density at radius 2 is 1.88 bits per heavy atom. The van der Waals surface area contributed by atoms with Crippen molar-refractivity contribution in [2.45, 2.75) is 59.4 Å². The highest BCUT2D eigenvalue weighted by atomic mass is 19.4. The molecule has 2 aliphatic rings. The van der Waals surface area contributed by atoms with Gasteiger partial charge < -0.3 is 14.9 Å². The summed E-state index contributed by atoms with van der Waals surface area (Å²) in [4.78, 5) is 14.3. The molecule has 0 radical (unpaired) electrons. The largest absolute Gasteiger partial charge is 0.435 e. The van der Waals surface area contributed by atoms with Gasteiger partial charge in [-0.2, -0.15) is 23.4 Å². The number of anilines is 2. The van der Waals surface area contributed by atoms with Crippen molar-refractivity contribution in [2.24, 2.45) is 12.5 Å². The molecule has 212 valence electrons. The maximum atomic E-state index is 13.4. The van der Waals surface area contributed by atoms with Crippen LogP contribution < -0.4 is 9.80 Å². The second kappa shape index (κ2) is 9.18. The quantitative estimate of drug-likeness (QED) is 0.383. The topological polar surface area (TPSA) is 99.0 Å². The van der Waals surface area contributed by atoms with E-state index in [0.717, 1.165) is 50.9 Å². The minimum Gasteiger partial charge on any atom is -0.392 e. The Labute approximate surface area is 230 Å². The van der Waals surface area contributed by atoms with Crippen LogP contribution in [0.4, 0.5) is 24.8 Å². The fourth-order valence-electron chi connectivity index (χ4n) is 6.04. The van der Waals surface area contributed by atoms with Crippen molar-refractivity contribution in [1.82, 2.24) is 29.9 Å². The van der Waals surface area contributed by atoms with Crippen molar-refractivity contribution in [3.8, 4) is 11.4 Å². The molecule has 9 nitrogen and oxygen atoms in total. The second-order valence-corrected chi connectivity index (χ2v) is 11.7. The van der Waals surface area contributed by atoms with Gasteiger partial charge in [-0.1, -0.05) is 19.9 Å². The molecular formula is C28H33F3N8O. The third-order valence-electron chi connectivity index (χ3n) is 8.31. The van der Waals surface area contributed by atoms with E-state index >= 15 is 0 Å². The van der Waals surface area contributed by atoms with Gasteiger partial charge in [0.15, 0.2) is 11.5 Å². The van der Waals surface area contributed by atoms with Crippen LogP contribution in [0.3, 0.4) is 0 Å². The Morgan fingerprint density at radius 3 is 2.58 bits per heavy atom. The maximum absolute atomic E-state index is 13.4. The molecule has 2 N–H and O–H groups in total. The summed E-state index contributed by atoms with van der Waals surface area (Å²) >= 11 is 0. The average molecular weight is 555 g/mol. The number of fused-ring (bicyclic) bond motifs is 2. The molecule has 0 aliphatic carbocycles. The fourth-order valence-corrected chi connectivity index (χ4v) is 6.04. The van der Waals surface area contributed by atoms with Crippen LogP contribution in [0.25, 0.3) is 22.3 Å². The van der Waals surface area contributed by atoms with E-state index in [-0.39, 0.29) is 5.41 Å². The molecule has 4 aromatic rings. The number of hydrogen-bond acceptors (Lipinski definition) is 7. The second-order valence-electron chi connectivity index (χ2n) is 11.7. The predicted octanol–water partition coefficient (Wildman–Crippen LogP) is 4.55. The SMILES string of the molecule is Cc1ccc2n[nH]c(C)c2c1-c1nc2c(c(N3CC[C@@H](O)C(C)(C)C3)n1)CN(c1cc(C(F)(F)F)nn1C)CC2. The minimum absolute atomic E-state index is 0.356. The van der Waals surface area contributed by atoms with Gasteiger partial charge in [0.1, 0.15) is 11.6 Å². The molecule has 40 heavy (non-hydrogen) atoms. The van der Waals surface area contributed by atoms with Gasteiger partial charge in [0, 0.05) is 73.3 Å². The molecule has 0 unspecified atom stereocenters. The summed E-state index contributed by atoms with van der Waals surface area (Å²) in [6.07, 6.45) is -3.81. The molecule has 2 aliphatic heterocycles. The van der Waals surface area contributed by atoms with Crippen LogP contribution in [0.1, 0.15) is 48.5 Å². The van der Waals surface area contributed by atoms with E-state index in [1.54, 1.807) is 0 Å². The molecule has 0 spiro atoms. The summed E-state index contributed by atoms with van der Waals surface area (Å²) in [5.74, 6) is 1.77. The molecule has 0 bridgehead atoms. The normalized spacial score (nSPS) is 19.4. The molecule has 0 saturated carbocycles. The number of aromatic nitrogens is 6. The number of aryl methyl sites for hydroxylation is 3. The number of H-pyrrole nitrogens is 1. The fraction of sp³-hybridized carbons (Fsp3) is 0.500. The molecular weight excluding hydrogens is 521 g/mol. The van der Waals surface area contributed by atoms with Crippen LogP contribution in [-0.2, 0) is 26.2 Å². The van der Waals surface area contributed by atoms with Gasteiger partial charge in [-0.25, -0.2) is 9.97 Å². The van der Waals surface area contributed by atoms with E-state index in [2.05, 4.69) is 20.2 Å². The highest BCUT2D eigenvalue weighted by molar-refractivity contribution is 5.96. The Kier molecular flexibility index (Phi) is 6.10. The number of halogens is 3. The van der Waals surface area contributed by atoms with Crippen LogP contribution in [0.2, 0.25) is 0 Å². The van der Waals surface area contributed by atoms with Gasteiger partial charge in [0.2, 0.25) is 0 Å². The molecule has 12 heteroatoms. The van der Waals surface area contributed by atoms with Crippen molar-refractivity contribution in [2.75, 3.05) is 29.4 Å². The molecule has 0 amide bonds. The number of benzene rings is 1. The first kappa shape index (κ1) is 26.5. The summed E-state index contributed by atoms with van der Waals surface area (Å²) in [7, 11) is 1.53. The first-order valence-electron chi connectivity index (χ1n) is 13.5. The Morgan fingerprint density at radius 1 is 1.10 bits per heavy atom. The van der Waals surface area contributed by atoms with E-state index < -0.39 is 18.0 Å². The zero-order valence-electron chi connectivity index (χ0n) is 23.3. The lowest BCUT2D eigenvalue weighted by Crippen LogP contribution is -2.49. The van der Waals surface area contributed by atoms with Crippen LogP contribution in [0, 0.1) is 19.3 Å². The molecule has 1 saturated heterocycles. The van der Waals surface area contributed by atoms with Gasteiger partial charge in [0.25, 0.3) is 0 Å².